The number of hydrogen-bond acceptors (Lipinski definition) is 6. The molecule has 1 saturated heterocycles. The van der Waals surface area contributed by atoms with E-state index in [1.54, 1.807) is 29.2 Å². The molecule has 1 N–H and O–H groups in total. The van der Waals surface area contributed by atoms with E-state index in [0.29, 0.717) is 10.6 Å². The van der Waals surface area contributed by atoms with E-state index in [-0.39, 0.29) is 39.9 Å². The molecule has 2 aromatic rings. The third-order valence-electron chi connectivity index (χ3n) is 6.91. The van der Waals surface area contributed by atoms with Gasteiger partial charge in [-0.1, -0.05) is 43.2 Å². The average Bonchev–Trinajstić information content (AvgIpc) is 3.31. The molecule has 1 saturated carbocycles. The topological polar surface area (TPSA) is 104 Å². The maximum atomic E-state index is 13.8. The van der Waals surface area contributed by atoms with Crippen LogP contribution in [0.25, 0.3) is 0 Å². The summed E-state index contributed by atoms with van der Waals surface area (Å²) in [4.78, 5) is 28.2. The van der Waals surface area contributed by atoms with Crippen LogP contribution in [0.1, 0.15) is 67.4 Å². The van der Waals surface area contributed by atoms with E-state index < -0.39 is 27.9 Å². The van der Waals surface area contributed by atoms with Crippen LogP contribution in [0.3, 0.4) is 0 Å². The molecule has 38 heavy (non-hydrogen) atoms. The molecule has 1 aromatic heterocycles. The number of carbonyl (C=O) groups is 2. The Balaban J connectivity index is 1.77. The van der Waals surface area contributed by atoms with Gasteiger partial charge in [-0.15, -0.1) is 11.3 Å². The quantitative estimate of drug-likeness (QED) is 0.509. The van der Waals surface area contributed by atoms with Crippen LogP contribution in [0.2, 0.25) is 0 Å². The van der Waals surface area contributed by atoms with Gasteiger partial charge in [0.05, 0.1) is 30.3 Å². The van der Waals surface area contributed by atoms with Gasteiger partial charge in [-0.2, -0.15) is 4.31 Å². The Kier molecular flexibility index (Phi) is 8.21. The van der Waals surface area contributed by atoms with Crippen LogP contribution < -0.4 is 9.64 Å². The van der Waals surface area contributed by atoms with Gasteiger partial charge in [-0.05, 0) is 57.7 Å². The fourth-order valence-corrected chi connectivity index (χ4v) is 7.54. The number of carbonyl (C=O) groups excluding carboxylic acids is 1. The van der Waals surface area contributed by atoms with Gasteiger partial charge in [-0.25, -0.2) is 13.2 Å². The largest absolute Gasteiger partial charge is 0.495 e. The second-order valence-electron chi connectivity index (χ2n) is 10.8. The Morgan fingerprint density at radius 2 is 1.84 bits per heavy atom. The minimum atomic E-state index is -4.04. The van der Waals surface area contributed by atoms with Crippen LogP contribution in [0.5, 0.6) is 5.75 Å². The molecule has 0 unspecified atom stereocenters. The number of ether oxygens (including phenoxy) is 1. The van der Waals surface area contributed by atoms with Crippen molar-refractivity contribution in [3.63, 3.8) is 0 Å². The number of aromatic carboxylic acids is 1. The van der Waals surface area contributed by atoms with Crippen LogP contribution in [0.15, 0.2) is 35.2 Å². The molecule has 1 atom stereocenters. The van der Waals surface area contributed by atoms with E-state index >= 15 is 0 Å². The normalized spacial score (nSPS) is 19.6. The third-order valence-corrected chi connectivity index (χ3v) is 9.79. The molecule has 1 aliphatic carbocycles. The first kappa shape index (κ1) is 28.1. The number of para-hydroxylation sites is 1. The lowest BCUT2D eigenvalue weighted by Crippen LogP contribution is -2.60. The lowest BCUT2D eigenvalue weighted by atomic mass is 9.82. The van der Waals surface area contributed by atoms with Crippen molar-refractivity contribution in [2.75, 3.05) is 25.1 Å². The summed E-state index contributed by atoms with van der Waals surface area (Å²) in [6, 6.07) is 7.55. The van der Waals surface area contributed by atoms with Gasteiger partial charge in [0.15, 0.2) is 0 Å². The molecule has 204 valence electrons. The molecule has 2 aliphatic rings. The minimum absolute atomic E-state index is 0.00708. The van der Waals surface area contributed by atoms with Crippen LogP contribution in [-0.2, 0) is 14.8 Å². The molecule has 8 nitrogen and oxygen atoms in total. The zero-order valence-corrected chi connectivity index (χ0v) is 23.8. The van der Waals surface area contributed by atoms with Crippen LogP contribution in [-0.4, -0.2) is 55.9 Å². The number of anilines is 1. The number of hydrogen-bond donors (Lipinski definition) is 1. The summed E-state index contributed by atoms with van der Waals surface area (Å²) in [6.07, 6.45) is 4.76. The van der Waals surface area contributed by atoms with Crippen molar-refractivity contribution in [2.45, 2.75) is 63.8 Å². The summed E-state index contributed by atoms with van der Waals surface area (Å²) < 4.78 is 33.9. The van der Waals surface area contributed by atoms with Gasteiger partial charge in [0.1, 0.15) is 15.5 Å². The molecular formula is C28H34N2O6S2. The second-order valence-corrected chi connectivity index (χ2v) is 13.8. The zero-order chi connectivity index (χ0) is 27.7. The van der Waals surface area contributed by atoms with E-state index in [4.69, 9.17) is 4.74 Å². The SMILES string of the molecule is COc1ccccc1S(=O)(=O)N1CC(=O)N(c2cc(C#CC(C)(C)C)sc2C(=O)O)[C@H](C2CCCCC2)C1. The van der Waals surface area contributed by atoms with Crippen molar-refractivity contribution in [2.24, 2.45) is 11.3 Å². The molecule has 0 spiro atoms. The Morgan fingerprint density at radius 3 is 2.47 bits per heavy atom. The summed E-state index contributed by atoms with van der Waals surface area (Å²) in [5.41, 5.74) is 0.0301. The minimum Gasteiger partial charge on any atom is -0.495 e. The maximum absolute atomic E-state index is 13.8. The maximum Gasteiger partial charge on any atom is 0.348 e. The first-order valence-electron chi connectivity index (χ1n) is 12.8. The van der Waals surface area contributed by atoms with E-state index in [1.807, 2.05) is 20.8 Å². The van der Waals surface area contributed by atoms with Gasteiger partial charge in [0.2, 0.25) is 15.9 Å². The number of benzene rings is 1. The second kappa shape index (κ2) is 11.1. The number of carboxylic acid groups (broad SMARTS) is 1. The lowest BCUT2D eigenvalue weighted by Gasteiger charge is -2.44. The number of amides is 1. The number of nitrogens with zero attached hydrogens (tertiary/aromatic N) is 2. The average molecular weight is 559 g/mol. The van der Waals surface area contributed by atoms with Crippen molar-refractivity contribution < 1.29 is 27.9 Å². The summed E-state index contributed by atoms with van der Waals surface area (Å²) in [7, 11) is -2.63. The van der Waals surface area contributed by atoms with E-state index in [9.17, 15) is 23.1 Å². The highest BCUT2D eigenvalue weighted by Crippen LogP contribution is 2.39. The van der Waals surface area contributed by atoms with Gasteiger partial charge in [0.25, 0.3) is 0 Å². The number of piperazine rings is 1. The predicted octanol–water partition coefficient (Wildman–Crippen LogP) is 4.84. The molecule has 0 radical (unpaired) electrons. The van der Waals surface area contributed by atoms with Crippen molar-refractivity contribution in [1.29, 1.82) is 0 Å². The van der Waals surface area contributed by atoms with Crippen molar-refractivity contribution in [3.8, 4) is 17.6 Å². The molecule has 0 bridgehead atoms. The summed E-state index contributed by atoms with van der Waals surface area (Å²) in [5.74, 6) is 4.88. The van der Waals surface area contributed by atoms with Crippen molar-refractivity contribution in [1.82, 2.24) is 4.31 Å². The Labute approximate surface area is 228 Å². The van der Waals surface area contributed by atoms with E-state index in [2.05, 4.69) is 11.8 Å². The molecule has 1 aromatic carbocycles. The lowest BCUT2D eigenvalue weighted by molar-refractivity contribution is -0.121. The molecule has 2 heterocycles. The molecular weight excluding hydrogens is 524 g/mol. The fraction of sp³-hybridized carbons (Fsp3) is 0.500. The van der Waals surface area contributed by atoms with Crippen molar-refractivity contribution >= 4 is 38.9 Å². The third kappa shape index (κ3) is 5.90. The number of thiophene rings is 1. The highest BCUT2D eigenvalue weighted by Gasteiger charge is 2.44. The van der Waals surface area contributed by atoms with Crippen LogP contribution in [0.4, 0.5) is 5.69 Å². The number of sulfonamides is 1. The molecule has 10 heteroatoms. The monoisotopic (exact) mass is 558 g/mol. The zero-order valence-electron chi connectivity index (χ0n) is 22.2. The van der Waals surface area contributed by atoms with Gasteiger partial charge < -0.3 is 14.7 Å². The van der Waals surface area contributed by atoms with Crippen molar-refractivity contribution in [3.05, 3.63) is 40.1 Å². The van der Waals surface area contributed by atoms with E-state index in [0.717, 1.165) is 43.4 Å². The summed E-state index contributed by atoms with van der Waals surface area (Å²) >= 11 is 1.05. The Bertz CT molecular complexity index is 1370. The molecule has 4 rings (SSSR count). The Morgan fingerprint density at radius 1 is 1.16 bits per heavy atom. The molecule has 2 fully saturated rings. The van der Waals surface area contributed by atoms with Gasteiger partial charge in [0, 0.05) is 12.0 Å². The molecule has 1 amide bonds. The van der Waals surface area contributed by atoms with E-state index in [1.165, 1.54) is 17.5 Å². The highest BCUT2D eigenvalue weighted by atomic mass is 32.2. The first-order valence-corrected chi connectivity index (χ1v) is 15.0. The number of methoxy groups -OCH3 is 1. The van der Waals surface area contributed by atoms with Gasteiger partial charge >= 0.3 is 5.97 Å². The Hall–Kier alpha value is -2.87. The summed E-state index contributed by atoms with van der Waals surface area (Å²) in [6.45, 7) is 5.60. The standard InChI is InChI=1S/C28H34N2O6S2/c1-28(2,3)15-14-20-16-21(26(37-20)27(32)33)30-22(19-10-6-5-7-11-19)17-29(18-25(30)31)38(34,35)24-13-9-8-12-23(24)36-4/h8-9,12-13,16,19,22H,5-7,10-11,17-18H2,1-4H3,(H,32,33)/t22-/m0/s1. The first-order chi connectivity index (χ1) is 17.9. The molecule has 1 aliphatic heterocycles. The van der Waals surface area contributed by atoms with Crippen LogP contribution >= 0.6 is 11.3 Å². The van der Waals surface area contributed by atoms with Gasteiger partial charge in [-0.3, -0.25) is 4.79 Å². The summed E-state index contributed by atoms with van der Waals surface area (Å²) in [5, 5.41) is 10.0. The predicted molar refractivity (Wildman–Crippen MR) is 147 cm³/mol. The number of rotatable bonds is 6. The highest BCUT2D eigenvalue weighted by molar-refractivity contribution is 7.89. The number of carboxylic acids is 1. The smallest absolute Gasteiger partial charge is 0.348 e. The van der Waals surface area contributed by atoms with Crippen LogP contribution in [0, 0.1) is 23.2 Å². The fourth-order valence-electron chi connectivity index (χ4n) is 5.14.